The Morgan fingerprint density at radius 1 is 1.23 bits per heavy atom. The first-order chi connectivity index (χ1) is 12.7. The van der Waals surface area contributed by atoms with Gasteiger partial charge in [-0.1, -0.05) is 17.3 Å². The van der Waals surface area contributed by atoms with Crippen molar-refractivity contribution in [2.75, 3.05) is 25.5 Å². The second-order valence-corrected chi connectivity index (χ2v) is 5.87. The highest BCUT2D eigenvalue weighted by molar-refractivity contribution is 5.92. The van der Waals surface area contributed by atoms with Crippen molar-refractivity contribution in [2.45, 2.75) is 13.5 Å². The predicted molar refractivity (Wildman–Crippen MR) is 95.9 cm³/mol. The number of hydrogen-bond donors (Lipinski definition) is 2. The number of quaternary nitrogens is 1. The normalized spacial score (nSPS) is 11.9. The van der Waals surface area contributed by atoms with Gasteiger partial charge in [-0.15, -0.1) is 0 Å². The molecule has 2 N–H and O–H groups in total. The summed E-state index contributed by atoms with van der Waals surface area (Å²) < 4.78 is 15.9. The number of rotatable bonds is 8. The zero-order valence-corrected chi connectivity index (χ0v) is 14.8. The highest BCUT2D eigenvalue weighted by Gasteiger charge is 2.18. The lowest BCUT2D eigenvalue weighted by Crippen LogP contribution is -3.11. The Balaban J connectivity index is 1.60. The summed E-state index contributed by atoms with van der Waals surface area (Å²) in [5.41, 5.74) is 1.44. The van der Waals surface area contributed by atoms with Gasteiger partial charge in [0.2, 0.25) is 5.76 Å². The Morgan fingerprint density at radius 3 is 2.81 bits per heavy atom. The number of carbonyl (C=O) groups excluding carboxylic acids is 1. The average molecular weight is 356 g/mol. The molecule has 2 aromatic heterocycles. The third kappa shape index (κ3) is 4.31. The van der Waals surface area contributed by atoms with Crippen molar-refractivity contribution in [2.24, 2.45) is 0 Å². The summed E-state index contributed by atoms with van der Waals surface area (Å²) in [6, 6.07) is 12.8. The molecule has 1 amide bonds. The van der Waals surface area contributed by atoms with Crippen molar-refractivity contribution >= 4 is 11.6 Å². The fraction of sp³-hybridized carbons (Fsp3) is 0.263. The number of ether oxygens (including phenoxy) is 1. The lowest BCUT2D eigenvalue weighted by atomic mass is 10.2. The quantitative estimate of drug-likeness (QED) is 0.645. The second kappa shape index (κ2) is 8.35. The van der Waals surface area contributed by atoms with Crippen LogP contribution in [-0.4, -0.2) is 31.3 Å². The zero-order chi connectivity index (χ0) is 18.4. The van der Waals surface area contributed by atoms with Gasteiger partial charge >= 0.3 is 0 Å². The number of methoxy groups -OCH3 is 1. The van der Waals surface area contributed by atoms with Crippen LogP contribution < -0.4 is 15.0 Å². The van der Waals surface area contributed by atoms with E-state index in [4.69, 9.17) is 13.7 Å². The van der Waals surface area contributed by atoms with E-state index in [1.807, 2.05) is 43.3 Å². The van der Waals surface area contributed by atoms with E-state index < -0.39 is 0 Å². The fourth-order valence-corrected chi connectivity index (χ4v) is 2.67. The molecule has 26 heavy (non-hydrogen) atoms. The van der Waals surface area contributed by atoms with Crippen molar-refractivity contribution in [3.63, 3.8) is 0 Å². The number of aromatic nitrogens is 1. The van der Waals surface area contributed by atoms with E-state index in [0.29, 0.717) is 36.0 Å². The third-order valence-electron chi connectivity index (χ3n) is 4.05. The van der Waals surface area contributed by atoms with E-state index in [1.54, 1.807) is 19.4 Å². The van der Waals surface area contributed by atoms with E-state index in [9.17, 15) is 4.79 Å². The maximum absolute atomic E-state index is 12.4. The number of furan rings is 1. The van der Waals surface area contributed by atoms with E-state index >= 15 is 0 Å². The number of nitrogens with one attached hydrogen (secondary N) is 2. The molecule has 0 fully saturated rings. The molecular weight excluding hydrogens is 334 g/mol. The maximum atomic E-state index is 12.4. The Kier molecular flexibility index (Phi) is 5.70. The molecule has 1 unspecified atom stereocenters. The number of likely N-dealkylation sites (N-methyl/N-ethyl adjacent to an activating group) is 1. The summed E-state index contributed by atoms with van der Waals surface area (Å²) in [4.78, 5) is 13.5. The van der Waals surface area contributed by atoms with Crippen molar-refractivity contribution in [3.8, 4) is 17.3 Å². The molecule has 0 radical (unpaired) electrons. The first-order valence-electron chi connectivity index (χ1n) is 8.45. The Morgan fingerprint density at radius 2 is 2.08 bits per heavy atom. The zero-order valence-electron chi connectivity index (χ0n) is 14.8. The molecule has 0 aliphatic rings. The number of anilines is 1. The molecule has 0 saturated carbocycles. The molecule has 136 valence electrons. The van der Waals surface area contributed by atoms with Gasteiger partial charge in [-0.05, 0) is 31.2 Å². The Bertz CT molecular complexity index is 842. The van der Waals surface area contributed by atoms with Crippen LogP contribution in [-0.2, 0) is 11.3 Å². The topological polar surface area (TPSA) is 81.9 Å². The summed E-state index contributed by atoms with van der Waals surface area (Å²) >= 11 is 0. The third-order valence-corrected chi connectivity index (χ3v) is 4.05. The largest absolute Gasteiger partial charge is 0.495 e. The molecule has 2 heterocycles. The predicted octanol–water partition coefficient (Wildman–Crippen LogP) is 1.99. The smallest absolute Gasteiger partial charge is 0.279 e. The van der Waals surface area contributed by atoms with E-state index in [2.05, 4.69) is 10.5 Å². The summed E-state index contributed by atoms with van der Waals surface area (Å²) in [7, 11) is 1.58. The molecule has 1 atom stereocenters. The van der Waals surface area contributed by atoms with Gasteiger partial charge in [0.1, 0.15) is 18.0 Å². The van der Waals surface area contributed by atoms with Crippen LogP contribution in [0.25, 0.3) is 11.5 Å². The lowest BCUT2D eigenvalue weighted by Gasteiger charge is -2.16. The molecule has 7 heteroatoms. The average Bonchev–Trinajstić information content (AvgIpc) is 3.33. The first kappa shape index (κ1) is 17.8. The van der Waals surface area contributed by atoms with Crippen molar-refractivity contribution < 1.29 is 23.4 Å². The maximum Gasteiger partial charge on any atom is 0.279 e. The van der Waals surface area contributed by atoms with Crippen molar-refractivity contribution in [3.05, 3.63) is 54.4 Å². The molecule has 7 nitrogen and oxygen atoms in total. The van der Waals surface area contributed by atoms with Gasteiger partial charge in [-0.3, -0.25) is 4.79 Å². The molecule has 0 spiro atoms. The van der Waals surface area contributed by atoms with Crippen molar-refractivity contribution in [1.82, 2.24) is 5.16 Å². The van der Waals surface area contributed by atoms with Crippen LogP contribution in [0.5, 0.6) is 5.75 Å². The summed E-state index contributed by atoms with van der Waals surface area (Å²) in [5.74, 6) is 1.77. The summed E-state index contributed by atoms with van der Waals surface area (Å²) in [6.45, 7) is 3.71. The molecular formula is C19H22N3O4+. The summed E-state index contributed by atoms with van der Waals surface area (Å²) in [6.07, 6.45) is 1.59. The van der Waals surface area contributed by atoms with Gasteiger partial charge in [0, 0.05) is 6.07 Å². The minimum Gasteiger partial charge on any atom is -0.495 e. The van der Waals surface area contributed by atoms with Crippen LogP contribution in [0.4, 0.5) is 5.69 Å². The second-order valence-electron chi connectivity index (χ2n) is 5.87. The Labute approximate surface area is 151 Å². The molecule has 0 aliphatic carbocycles. The summed E-state index contributed by atoms with van der Waals surface area (Å²) in [5, 5.41) is 6.97. The minimum absolute atomic E-state index is 0.0823. The van der Waals surface area contributed by atoms with Gasteiger partial charge in [-0.25, -0.2) is 0 Å². The number of benzene rings is 1. The Hall–Kier alpha value is -3.06. The van der Waals surface area contributed by atoms with Gasteiger partial charge in [0.15, 0.2) is 12.3 Å². The van der Waals surface area contributed by atoms with Crippen LogP contribution in [0.15, 0.2) is 57.7 Å². The lowest BCUT2D eigenvalue weighted by molar-refractivity contribution is -0.904. The first-order valence-corrected chi connectivity index (χ1v) is 8.45. The number of carbonyl (C=O) groups is 1. The number of para-hydroxylation sites is 2. The SMILES string of the molecule is CC[NH+](CC(=O)Nc1ccccc1OC)Cc1cc(-c2ccco2)on1. The molecule has 1 aromatic carbocycles. The standard InChI is InChI=1S/C19H21N3O4/c1-3-22(12-14-11-18(26-21-14)17-9-6-10-25-17)13-19(23)20-15-7-4-5-8-16(15)24-2/h4-11H,3,12-13H2,1-2H3,(H,20,23)/p+1. The van der Waals surface area contributed by atoms with Crippen LogP contribution in [0.1, 0.15) is 12.6 Å². The minimum atomic E-state index is -0.0823. The van der Waals surface area contributed by atoms with Crippen LogP contribution in [0, 0.1) is 0 Å². The molecule has 3 aromatic rings. The van der Waals surface area contributed by atoms with E-state index in [1.165, 1.54) is 0 Å². The highest BCUT2D eigenvalue weighted by Crippen LogP contribution is 2.22. The van der Waals surface area contributed by atoms with E-state index in [0.717, 1.165) is 17.1 Å². The monoisotopic (exact) mass is 356 g/mol. The van der Waals surface area contributed by atoms with Gasteiger partial charge in [-0.2, -0.15) is 0 Å². The molecule has 0 saturated heterocycles. The number of amides is 1. The molecule has 0 aliphatic heterocycles. The number of nitrogens with zero attached hydrogens (tertiary/aromatic N) is 1. The van der Waals surface area contributed by atoms with Gasteiger partial charge in [0.25, 0.3) is 5.91 Å². The van der Waals surface area contributed by atoms with Crippen LogP contribution in [0.3, 0.4) is 0 Å². The van der Waals surface area contributed by atoms with E-state index in [-0.39, 0.29) is 5.91 Å². The number of hydrogen-bond acceptors (Lipinski definition) is 5. The van der Waals surface area contributed by atoms with Crippen LogP contribution in [0.2, 0.25) is 0 Å². The molecule has 0 bridgehead atoms. The van der Waals surface area contributed by atoms with Gasteiger partial charge < -0.3 is 23.9 Å². The van der Waals surface area contributed by atoms with Crippen molar-refractivity contribution in [1.29, 1.82) is 0 Å². The molecule has 3 rings (SSSR count). The fourth-order valence-electron chi connectivity index (χ4n) is 2.67. The van der Waals surface area contributed by atoms with Crippen LogP contribution >= 0.6 is 0 Å². The van der Waals surface area contributed by atoms with Gasteiger partial charge in [0.05, 0.1) is 25.6 Å². The highest BCUT2D eigenvalue weighted by atomic mass is 16.5.